The maximum atomic E-state index is 11.4. The molecule has 2 aromatic rings. The summed E-state index contributed by atoms with van der Waals surface area (Å²) in [6, 6.07) is 5.94. The molecule has 0 bridgehead atoms. The zero-order chi connectivity index (χ0) is 9.42. The summed E-state index contributed by atoms with van der Waals surface area (Å²) in [6.07, 6.45) is 1.75. The van der Waals surface area contributed by atoms with Gasteiger partial charge >= 0.3 is 0 Å². The third kappa shape index (κ3) is 1.26. The number of aromatic amines is 1. The van der Waals surface area contributed by atoms with Crippen LogP contribution in [0.3, 0.4) is 0 Å². The smallest absolute Gasteiger partial charge is 0.255 e. The van der Waals surface area contributed by atoms with Crippen LogP contribution in [0.5, 0.6) is 0 Å². The molecule has 3 heteroatoms. The van der Waals surface area contributed by atoms with E-state index in [-0.39, 0.29) is 5.56 Å². The highest BCUT2D eigenvalue weighted by atomic mass is 16.1. The predicted molar refractivity (Wildman–Crippen MR) is 57.5 cm³/mol. The van der Waals surface area contributed by atoms with Gasteiger partial charge in [0.05, 0.1) is 0 Å². The van der Waals surface area contributed by atoms with Crippen LogP contribution in [0.2, 0.25) is 0 Å². The summed E-state index contributed by atoms with van der Waals surface area (Å²) in [5, 5.41) is 1.81. The molecule has 1 heterocycles. The second-order valence-corrected chi connectivity index (χ2v) is 3.35. The van der Waals surface area contributed by atoms with E-state index in [4.69, 9.17) is 0 Å². The fourth-order valence-electron chi connectivity index (χ4n) is 1.52. The summed E-state index contributed by atoms with van der Waals surface area (Å²) >= 11 is 0. The van der Waals surface area contributed by atoms with Gasteiger partial charge in [-0.05, 0) is 24.6 Å². The van der Waals surface area contributed by atoms with E-state index in [1.807, 2.05) is 33.0 Å². The van der Waals surface area contributed by atoms with Crippen LogP contribution in [-0.4, -0.2) is 12.8 Å². The number of pyridine rings is 1. The van der Waals surface area contributed by atoms with E-state index in [1.165, 1.54) is 0 Å². The van der Waals surface area contributed by atoms with Crippen molar-refractivity contribution >= 4 is 24.1 Å². The molecule has 0 spiro atoms. The fraction of sp³-hybridized carbons (Fsp3) is 0.100. The van der Waals surface area contributed by atoms with Crippen LogP contribution in [0.15, 0.2) is 29.2 Å². The second-order valence-electron chi connectivity index (χ2n) is 3.35. The SMILES string of the molecule is Bc1c[nH]c(=O)c2cc(C)ccc12. The first-order valence-corrected chi connectivity index (χ1v) is 4.27. The number of hydrogen-bond donors (Lipinski definition) is 1. The Labute approximate surface area is 77.0 Å². The standard InChI is InChI=1S/C10H10BNO/c1-6-2-3-7-8(4-6)10(13)12-5-9(7)11/h2-5H,11H2,1H3,(H,12,13). The lowest BCUT2D eigenvalue weighted by molar-refractivity contribution is 1.29. The van der Waals surface area contributed by atoms with Crippen LogP contribution < -0.4 is 11.0 Å². The van der Waals surface area contributed by atoms with Crippen LogP contribution in [0.4, 0.5) is 0 Å². The second kappa shape index (κ2) is 2.77. The third-order valence-corrected chi connectivity index (χ3v) is 2.26. The minimum atomic E-state index is -0.00991. The number of fused-ring (bicyclic) bond motifs is 1. The van der Waals surface area contributed by atoms with E-state index in [9.17, 15) is 4.79 Å². The lowest BCUT2D eigenvalue weighted by Crippen LogP contribution is -2.15. The molecule has 0 aliphatic rings. The molecule has 0 saturated carbocycles. The molecule has 0 amide bonds. The van der Waals surface area contributed by atoms with Crippen molar-refractivity contribution in [2.24, 2.45) is 0 Å². The average molecular weight is 171 g/mol. The van der Waals surface area contributed by atoms with E-state index in [0.717, 1.165) is 21.8 Å². The predicted octanol–water partition coefficient (Wildman–Crippen LogP) is 0.0949. The number of benzene rings is 1. The van der Waals surface area contributed by atoms with Crippen molar-refractivity contribution < 1.29 is 0 Å². The van der Waals surface area contributed by atoms with Gasteiger partial charge in [-0.25, -0.2) is 0 Å². The molecular formula is C10H10BNO. The Kier molecular flexibility index (Phi) is 1.73. The average Bonchev–Trinajstić information content (AvgIpc) is 2.12. The first-order valence-electron chi connectivity index (χ1n) is 4.27. The van der Waals surface area contributed by atoms with Gasteiger partial charge < -0.3 is 4.98 Å². The summed E-state index contributed by atoms with van der Waals surface area (Å²) in [7, 11) is 1.99. The highest BCUT2D eigenvalue weighted by Crippen LogP contribution is 2.08. The Bertz CT molecular complexity index is 516. The van der Waals surface area contributed by atoms with Crippen molar-refractivity contribution in [3.63, 3.8) is 0 Å². The summed E-state index contributed by atoms with van der Waals surface area (Å²) in [5.74, 6) is 0. The lowest BCUT2D eigenvalue weighted by atomic mass is 9.92. The summed E-state index contributed by atoms with van der Waals surface area (Å²) < 4.78 is 0. The van der Waals surface area contributed by atoms with Gasteiger partial charge in [0, 0.05) is 5.39 Å². The van der Waals surface area contributed by atoms with Crippen molar-refractivity contribution in [1.82, 2.24) is 4.98 Å². The van der Waals surface area contributed by atoms with Gasteiger partial charge in [0.25, 0.3) is 5.56 Å². The van der Waals surface area contributed by atoms with Crippen molar-refractivity contribution in [1.29, 1.82) is 0 Å². The zero-order valence-corrected chi connectivity index (χ0v) is 7.72. The number of H-pyrrole nitrogens is 1. The van der Waals surface area contributed by atoms with Crippen LogP contribution in [-0.2, 0) is 0 Å². The Morgan fingerprint density at radius 3 is 2.85 bits per heavy atom. The summed E-state index contributed by atoms with van der Waals surface area (Å²) in [5.41, 5.74) is 2.21. The Morgan fingerprint density at radius 1 is 1.31 bits per heavy atom. The fourth-order valence-corrected chi connectivity index (χ4v) is 1.52. The quantitative estimate of drug-likeness (QED) is 0.560. The monoisotopic (exact) mass is 171 g/mol. The van der Waals surface area contributed by atoms with Gasteiger partial charge in [-0.2, -0.15) is 0 Å². The molecule has 1 N–H and O–H groups in total. The minimum Gasteiger partial charge on any atom is -0.329 e. The van der Waals surface area contributed by atoms with E-state index in [1.54, 1.807) is 6.20 Å². The number of nitrogens with one attached hydrogen (secondary N) is 1. The first-order chi connectivity index (χ1) is 6.18. The van der Waals surface area contributed by atoms with Crippen LogP contribution in [0.1, 0.15) is 5.56 Å². The molecular weight excluding hydrogens is 161 g/mol. The van der Waals surface area contributed by atoms with Gasteiger partial charge in [-0.3, -0.25) is 4.79 Å². The van der Waals surface area contributed by atoms with E-state index in [2.05, 4.69) is 4.98 Å². The minimum absolute atomic E-state index is 0.00991. The Hall–Kier alpha value is -1.51. The van der Waals surface area contributed by atoms with Gasteiger partial charge in [-0.1, -0.05) is 23.2 Å². The van der Waals surface area contributed by atoms with Crippen molar-refractivity contribution in [2.45, 2.75) is 6.92 Å². The number of aromatic nitrogens is 1. The molecule has 0 radical (unpaired) electrons. The van der Waals surface area contributed by atoms with Crippen molar-refractivity contribution in [3.8, 4) is 0 Å². The van der Waals surface area contributed by atoms with Gasteiger partial charge in [0.15, 0.2) is 0 Å². The van der Waals surface area contributed by atoms with Crippen LogP contribution in [0.25, 0.3) is 10.8 Å². The van der Waals surface area contributed by atoms with Gasteiger partial charge in [0.1, 0.15) is 7.85 Å². The molecule has 0 fully saturated rings. The Balaban J connectivity index is 3.01. The largest absolute Gasteiger partial charge is 0.329 e. The number of aryl methyl sites for hydroxylation is 1. The summed E-state index contributed by atoms with van der Waals surface area (Å²) in [6.45, 7) is 1.99. The molecule has 13 heavy (non-hydrogen) atoms. The highest BCUT2D eigenvalue weighted by molar-refractivity contribution is 6.38. The molecule has 64 valence electrons. The lowest BCUT2D eigenvalue weighted by Gasteiger charge is -2.01. The maximum Gasteiger partial charge on any atom is 0.255 e. The Morgan fingerprint density at radius 2 is 2.08 bits per heavy atom. The molecule has 0 saturated heterocycles. The number of hydrogen-bond acceptors (Lipinski definition) is 1. The molecule has 2 nitrogen and oxygen atoms in total. The topological polar surface area (TPSA) is 32.9 Å². The zero-order valence-electron chi connectivity index (χ0n) is 7.72. The maximum absolute atomic E-state index is 11.4. The van der Waals surface area contributed by atoms with Crippen LogP contribution >= 0.6 is 0 Å². The van der Waals surface area contributed by atoms with Crippen molar-refractivity contribution in [2.75, 3.05) is 0 Å². The van der Waals surface area contributed by atoms with Crippen molar-refractivity contribution in [3.05, 3.63) is 40.3 Å². The molecule has 0 aliphatic heterocycles. The molecule has 2 rings (SSSR count). The molecule has 0 aliphatic carbocycles. The number of rotatable bonds is 0. The highest BCUT2D eigenvalue weighted by Gasteiger charge is 2.00. The normalized spacial score (nSPS) is 10.5. The molecule has 1 aromatic carbocycles. The summed E-state index contributed by atoms with van der Waals surface area (Å²) in [4.78, 5) is 14.1. The van der Waals surface area contributed by atoms with Gasteiger partial charge in [0.2, 0.25) is 0 Å². The van der Waals surface area contributed by atoms with E-state index in [0.29, 0.717) is 0 Å². The molecule has 0 atom stereocenters. The molecule has 1 aromatic heterocycles. The van der Waals surface area contributed by atoms with Crippen LogP contribution in [0, 0.1) is 6.92 Å². The third-order valence-electron chi connectivity index (χ3n) is 2.26. The van der Waals surface area contributed by atoms with E-state index >= 15 is 0 Å². The molecule has 0 unspecified atom stereocenters. The van der Waals surface area contributed by atoms with Gasteiger partial charge in [-0.15, -0.1) is 0 Å². The first kappa shape index (κ1) is 8.11. The van der Waals surface area contributed by atoms with E-state index < -0.39 is 0 Å².